The summed E-state index contributed by atoms with van der Waals surface area (Å²) >= 11 is 0. The lowest BCUT2D eigenvalue weighted by Gasteiger charge is -2.32. The van der Waals surface area contributed by atoms with E-state index in [4.69, 9.17) is 5.26 Å². The predicted molar refractivity (Wildman–Crippen MR) is 79.4 cm³/mol. The summed E-state index contributed by atoms with van der Waals surface area (Å²) in [5.41, 5.74) is -0.169. The predicted octanol–water partition coefficient (Wildman–Crippen LogP) is 4.46. The van der Waals surface area contributed by atoms with Gasteiger partial charge in [0.15, 0.2) is 0 Å². The maximum absolute atomic E-state index is 9.04. The van der Waals surface area contributed by atoms with Crippen LogP contribution in [0, 0.1) is 22.7 Å². The molecule has 0 saturated heterocycles. The van der Waals surface area contributed by atoms with E-state index in [0.717, 1.165) is 25.3 Å². The zero-order valence-corrected chi connectivity index (χ0v) is 13.3. The van der Waals surface area contributed by atoms with Gasteiger partial charge in [-0.25, -0.2) is 0 Å². The standard InChI is InChI=1S/C16H32N2/c1-7-15(8-2)18(12-14(3)4)11-9-10-16(5,6)13-17/h14-15H,7-12H2,1-6H3. The Kier molecular flexibility index (Phi) is 8.27. The van der Waals surface area contributed by atoms with Crippen molar-refractivity contribution in [2.75, 3.05) is 13.1 Å². The second-order valence-electron chi connectivity index (χ2n) is 6.46. The molecule has 0 radical (unpaired) electrons. The first-order chi connectivity index (χ1) is 8.36. The molecule has 0 N–H and O–H groups in total. The Morgan fingerprint density at radius 3 is 2.11 bits per heavy atom. The molecule has 0 aromatic rings. The first kappa shape index (κ1) is 17.4. The average Bonchev–Trinajstić information content (AvgIpc) is 2.29. The molecular weight excluding hydrogens is 220 g/mol. The highest BCUT2D eigenvalue weighted by molar-refractivity contribution is 4.91. The van der Waals surface area contributed by atoms with Crippen LogP contribution in [0.1, 0.15) is 67.2 Å². The van der Waals surface area contributed by atoms with Crippen LogP contribution in [0.25, 0.3) is 0 Å². The van der Waals surface area contributed by atoms with Gasteiger partial charge >= 0.3 is 0 Å². The second-order valence-corrected chi connectivity index (χ2v) is 6.46. The smallest absolute Gasteiger partial charge is 0.0683 e. The molecule has 0 unspecified atom stereocenters. The van der Waals surface area contributed by atoms with Crippen LogP contribution >= 0.6 is 0 Å². The maximum atomic E-state index is 9.04. The van der Waals surface area contributed by atoms with Gasteiger partial charge in [-0.1, -0.05) is 27.7 Å². The molecule has 0 spiro atoms. The third-order valence-electron chi connectivity index (χ3n) is 3.61. The Balaban J connectivity index is 4.29. The van der Waals surface area contributed by atoms with E-state index in [9.17, 15) is 0 Å². The molecule has 2 nitrogen and oxygen atoms in total. The Labute approximate surface area is 114 Å². The fourth-order valence-corrected chi connectivity index (χ4v) is 2.48. The van der Waals surface area contributed by atoms with Crippen LogP contribution in [0.15, 0.2) is 0 Å². The zero-order chi connectivity index (χ0) is 14.2. The van der Waals surface area contributed by atoms with E-state index in [1.807, 2.05) is 13.8 Å². The van der Waals surface area contributed by atoms with Crippen molar-refractivity contribution in [3.8, 4) is 6.07 Å². The molecule has 0 fully saturated rings. The fourth-order valence-electron chi connectivity index (χ4n) is 2.48. The number of hydrogen-bond acceptors (Lipinski definition) is 2. The topological polar surface area (TPSA) is 27.0 Å². The van der Waals surface area contributed by atoms with E-state index in [1.54, 1.807) is 0 Å². The van der Waals surface area contributed by atoms with Crippen LogP contribution in [-0.2, 0) is 0 Å². The molecule has 0 heterocycles. The van der Waals surface area contributed by atoms with E-state index >= 15 is 0 Å². The van der Waals surface area contributed by atoms with Crippen molar-refractivity contribution >= 4 is 0 Å². The van der Waals surface area contributed by atoms with E-state index < -0.39 is 0 Å². The molecule has 18 heavy (non-hydrogen) atoms. The molecule has 0 aliphatic carbocycles. The molecule has 2 heteroatoms. The van der Waals surface area contributed by atoms with Gasteiger partial charge in [0.2, 0.25) is 0 Å². The van der Waals surface area contributed by atoms with Gasteiger partial charge in [0.1, 0.15) is 0 Å². The molecule has 106 valence electrons. The first-order valence-corrected chi connectivity index (χ1v) is 7.51. The molecule has 0 bridgehead atoms. The number of hydrogen-bond donors (Lipinski definition) is 0. The van der Waals surface area contributed by atoms with Crippen molar-refractivity contribution in [1.82, 2.24) is 4.90 Å². The molecule has 0 rings (SSSR count). The lowest BCUT2D eigenvalue weighted by Crippen LogP contribution is -2.38. The van der Waals surface area contributed by atoms with Crippen molar-refractivity contribution < 1.29 is 0 Å². The van der Waals surface area contributed by atoms with E-state index in [1.165, 1.54) is 19.4 Å². The van der Waals surface area contributed by atoms with E-state index in [-0.39, 0.29) is 5.41 Å². The lowest BCUT2D eigenvalue weighted by atomic mass is 9.89. The van der Waals surface area contributed by atoms with Gasteiger partial charge in [-0.2, -0.15) is 5.26 Å². The average molecular weight is 252 g/mol. The third-order valence-corrected chi connectivity index (χ3v) is 3.61. The van der Waals surface area contributed by atoms with Crippen LogP contribution in [0.4, 0.5) is 0 Å². The highest BCUT2D eigenvalue weighted by Crippen LogP contribution is 2.22. The third kappa shape index (κ3) is 7.01. The summed E-state index contributed by atoms with van der Waals surface area (Å²) in [6.07, 6.45) is 4.58. The minimum atomic E-state index is -0.169. The minimum Gasteiger partial charge on any atom is -0.300 e. The van der Waals surface area contributed by atoms with Crippen molar-refractivity contribution in [3.63, 3.8) is 0 Å². The van der Waals surface area contributed by atoms with Crippen molar-refractivity contribution in [3.05, 3.63) is 0 Å². The molecule has 0 atom stereocenters. The number of nitrogens with zero attached hydrogens (tertiary/aromatic N) is 2. The van der Waals surface area contributed by atoms with Crippen LogP contribution in [0.2, 0.25) is 0 Å². The molecule has 0 aliphatic rings. The summed E-state index contributed by atoms with van der Waals surface area (Å²) in [5.74, 6) is 0.717. The maximum Gasteiger partial charge on any atom is 0.0683 e. The minimum absolute atomic E-state index is 0.169. The van der Waals surface area contributed by atoms with Gasteiger partial charge in [-0.05, 0) is 52.0 Å². The summed E-state index contributed by atoms with van der Waals surface area (Å²) in [5, 5.41) is 9.04. The largest absolute Gasteiger partial charge is 0.300 e. The first-order valence-electron chi connectivity index (χ1n) is 7.51. The quantitative estimate of drug-likeness (QED) is 0.605. The fraction of sp³-hybridized carbons (Fsp3) is 0.938. The molecule has 0 amide bonds. The summed E-state index contributed by atoms with van der Waals surface area (Å²) in [7, 11) is 0. The van der Waals surface area contributed by atoms with E-state index in [2.05, 4.69) is 38.7 Å². The van der Waals surface area contributed by atoms with Crippen molar-refractivity contribution in [2.24, 2.45) is 11.3 Å². The second kappa shape index (κ2) is 8.53. The van der Waals surface area contributed by atoms with E-state index in [0.29, 0.717) is 6.04 Å². The molecule has 0 aromatic carbocycles. The molecule has 0 aliphatic heterocycles. The monoisotopic (exact) mass is 252 g/mol. The summed E-state index contributed by atoms with van der Waals surface area (Å²) < 4.78 is 0. The Morgan fingerprint density at radius 2 is 1.72 bits per heavy atom. The lowest BCUT2D eigenvalue weighted by molar-refractivity contribution is 0.158. The molecule has 0 aromatic heterocycles. The van der Waals surface area contributed by atoms with Crippen molar-refractivity contribution in [2.45, 2.75) is 73.3 Å². The normalized spacial score (nSPS) is 12.4. The van der Waals surface area contributed by atoms with Crippen LogP contribution < -0.4 is 0 Å². The van der Waals surface area contributed by atoms with Crippen LogP contribution in [0.5, 0.6) is 0 Å². The Morgan fingerprint density at radius 1 is 1.17 bits per heavy atom. The van der Waals surface area contributed by atoms with Gasteiger partial charge in [0.25, 0.3) is 0 Å². The van der Waals surface area contributed by atoms with Crippen LogP contribution in [-0.4, -0.2) is 24.0 Å². The zero-order valence-electron chi connectivity index (χ0n) is 13.3. The van der Waals surface area contributed by atoms with Crippen molar-refractivity contribution in [1.29, 1.82) is 5.26 Å². The van der Waals surface area contributed by atoms with Gasteiger partial charge in [0, 0.05) is 12.6 Å². The molecular formula is C16H32N2. The summed E-state index contributed by atoms with van der Waals surface area (Å²) in [6.45, 7) is 15.5. The van der Waals surface area contributed by atoms with Gasteiger partial charge in [-0.3, -0.25) is 0 Å². The Bertz CT molecular complexity index is 246. The van der Waals surface area contributed by atoms with Gasteiger partial charge in [0.05, 0.1) is 11.5 Å². The van der Waals surface area contributed by atoms with Gasteiger partial charge in [-0.15, -0.1) is 0 Å². The van der Waals surface area contributed by atoms with Crippen LogP contribution in [0.3, 0.4) is 0 Å². The Hall–Kier alpha value is -0.550. The summed E-state index contributed by atoms with van der Waals surface area (Å²) in [6, 6.07) is 3.10. The SMILES string of the molecule is CCC(CC)N(CCCC(C)(C)C#N)CC(C)C. The highest BCUT2D eigenvalue weighted by Gasteiger charge is 2.19. The molecule has 0 saturated carbocycles. The number of nitriles is 1. The van der Waals surface area contributed by atoms with Gasteiger partial charge < -0.3 is 4.90 Å². The summed E-state index contributed by atoms with van der Waals surface area (Å²) in [4.78, 5) is 2.62. The highest BCUT2D eigenvalue weighted by atomic mass is 15.1. The number of rotatable bonds is 9.